The SMILES string of the molecule is NC1([N+](=O)[O-])CCCNC1c1ccccc1. The van der Waals surface area contributed by atoms with E-state index in [4.69, 9.17) is 5.73 Å². The van der Waals surface area contributed by atoms with Gasteiger partial charge >= 0.3 is 0 Å². The van der Waals surface area contributed by atoms with Crippen molar-refractivity contribution >= 4 is 0 Å². The maximum absolute atomic E-state index is 11.1. The molecule has 2 unspecified atom stereocenters. The van der Waals surface area contributed by atoms with Crippen LogP contribution in [0.2, 0.25) is 0 Å². The van der Waals surface area contributed by atoms with Crippen LogP contribution in [-0.4, -0.2) is 17.1 Å². The Hall–Kier alpha value is -1.46. The van der Waals surface area contributed by atoms with Crippen LogP contribution in [0, 0.1) is 10.1 Å². The molecule has 5 heteroatoms. The van der Waals surface area contributed by atoms with Crippen molar-refractivity contribution in [3.8, 4) is 0 Å². The van der Waals surface area contributed by atoms with Crippen LogP contribution >= 0.6 is 0 Å². The second-order valence-electron chi connectivity index (χ2n) is 4.15. The number of piperidine rings is 1. The molecule has 86 valence electrons. The Bertz CT molecular complexity index is 382. The highest BCUT2D eigenvalue weighted by atomic mass is 16.6. The van der Waals surface area contributed by atoms with E-state index in [1.807, 2.05) is 30.3 Å². The summed E-state index contributed by atoms with van der Waals surface area (Å²) >= 11 is 0. The van der Waals surface area contributed by atoms with E-state index in [1.165, 1.54) is 0 Å². The van der Waals surface area contributed by atoms with Gasteiger partial charge in [0.2, 0.25) is 0 Å². The molecule has 2 atom stereocenters. The summed E-state index contributed by atoms with van der Waals surface area (Å²) < 4.78 is 0. The lowest BCUT2D eigenvalue weighted by Gasteiger charge is -2.34. The number of nitro groups is 1. The summed E-state index contributed by atoms with van der Waals surface area (Å²) in [5.74, 6) is 0. The summed E-state index contributed by atoms with van der Waals surface area (Å²) in [6.45, 7) is 0.770. The van der Waals surface area contributed by atoms with Crippen LogP contribution in [0.1, 0.15) is 24.4 Å². The Kier molecular flexibility index (Phi) is 2.89. The highest BCUT2D eigenvalue weighted by Gasteiger charge is 2.48. The molecule has 0 aliphatic carbocycles. The summed E-state index contributed by atoms with van der Waals surface area (Å²) in [6, 6.07) is 8.95. The largest absolute Gasteiger partial charge is 0.303 e. The van der Waals surface area contributed by atoms with E-state index < -0.39 is 11.7 Å². The molecule has 1 saturated heterocycles. The molecule has 0 saturated carbocycles. The van der Waals surface area contributed by atoms with Crippen molar-refractivity contribution < 1.29 is 4.92 Å². The summed E-state index contributed by atoms with van der Waals surface area (Å²) in [4.78, 5) is 10.7. The van der Waals surface area contributed by atoms with Crippen LogP contribution in [0.5, 0.6) is 0 Å². The fourth-order valence-electron chi connectivity index (χ4n) is 2.19. The van der Waals surface area contributed by atoms with E-state index in [0.717, 1.165) is 18.5 Å². The van der Waals surface area contributed by atoms with Gasteiger partial charge in [0.1, 0.15) is 6.04 Å². The van der Waals surface area contributed by atoms with E-state index >= 15 is 0 Å². The molecule has 0 bridgehead atoms. The molecule has 1 aromatic carbocycles. The first kappa shape index (κ1) is 11.0. The molecule has 0 amide bonds. The van der Waals surface area contributed by atoms with E-state index in [0.29, 0.717) is 6.42 Å². The monoisotopic (exact) mass is 221 g/mol. The standard InChI is InChI=1S/C11H15N3O2/c12-11(14(15)16)7-4-8-13-10(11)9-5-2-1-3-6-9/h1-3,5-6,10,13H,4,7-8,12H2. The van der Waals surface area contributed by atoms with Gasteiger partial charge in [-0.15, -0.1) is 0 Å². The highest BCUT2D eigenvalue weighted by molar-refractivity contribution is 5.22. The van der Waals surface area contributed by atoms with Gasteiger partial charge < -0.3 is 5.32 Å². The van der Waals surface area contributed by atoms with Crippen LogP contribution in [0.4, 0.5) is 0 Å². The second-order valence-corrected chi connectivity index (χ2v) is 4.15. The first-order valence-corrected chi connectivity index (χ1v) is 5.36. The van der Waals surface area contributed by atoms with Crippen LogP contribution < -0.4 is 11.1 Å². The molecule has 1 aromatic rings. The Morgan fingerprint density at radius 1 is 1.44 bits per heavy atom. The molecule has 2 rings (SSSR count). The topological polar surface area (TPSA) is 81.2 Å². The van der Waals surface area contributed by atoms with E-state index in [1.54, 1.807) is 0 Å². The van der Waals surface area contributed by atoms with Gasteiger partial charge in [-0.3, -0.25) is 15.8 Å². The van der Waals surface area contributed by atoms with Gasteiger partial charge in [0, 0.05) is 11.3 Å². The molecule has 3 N–H and O–H groups in total. The highest BCUT2D eigenvalue weighted by Crippen LogP contribution is 2.31. The van der Waals surface area contributed by atoms with Crippen LogP contribution in [0.3, 0.4) is 0 Å². The van der Waals surface area contributed by atoms with Crippen molar-refractivity contribution in [2.24, 2.45) is 5.73 Å². The van der Waals surface area contributed by atoms with Crippen molar-refractivity contribution in [1.82, 2.24) is 5.32 Å². The third kappa shape index (κ3) is 1.79. The van der Waals surface area contributed by atoms with E-state index in [9.17, 15) is 10.1 Å². The summed E-state index contributed by atoms with van der Waals surface area (Å²) in [5.41, 5.74) is 5.40. The average Bonchev–Trinajstić information content (AvgIpc) is 2.30. The van der Waals surface area contributed by atoms with Crippen molar-refractivity contribution in [3.63, 3.8) is 0 Å². The smallest absolute Gasteiger partial charge is 0.292 e. The lowest BCUT2D eigenvalue weighted by Crippen LogP contribution is -2.60. The maximum atomic E-state index is 11.1. The number of benzene rings is 1. The van der Waals surface area contributed by atoms with Gasteiger partial charge in [-0.25, -0.2) is 0 Å². The number of hydrogen-bond donors (Lipinski definition) is 2. The Labute approximate surface area is 93.8 Å². The zero-order chi connectivity index (χ0) is 11.6. The first-order valence-electron chi connectivity index (χ1n) is 5.36. The van der Waals surface area contributed by atoms with Crippen LogP contribution in [0.25, 0.3) is 0 Å². The molecule has 0 radical (unpaired) electrons. The zero-order valence-corrected chi connectivity index (χ0v) is 8.93. The fraction of sp³-hybridized carbons (Fsp3) is 0.455. The minimum atomic E-state index is -1.39. The summed E-state index contributed by atoms with van der Waals surface area (Å²) in [5, 5.41) is 14.2. The predicted octanol–water partition coefficient (Wildman–Crippen LogP) is 1.04. The van der Waals surface area contributed by atoms with Gasteiger partial charge in [0.25, 0.3) is 5.66 Å². The molecular weight excluding hydrogens is 206 g/mol. The van der Waals surface area contributed by atoms with Crippen molar-refractivity contribution in [1.29, 1.82) is 0 Å². The molecule has 16 heavy (non-hydrogen) atoms. The van der Waals surface area contributed by atoms with Gasteiger partial charge in [-0.2, -0.15) is 0 Å². The fourth-order valence-corrected chi connectivity index (χ4v) is 2.19. The Balaban J connectivity index is 2.34. The predicted molar refractivity (Wildman–Crippen MR) is 60.3 cm³/mol. The Morgan fingerprint density at radius 2 is 2.12 bits per heavy atom. The van der Waals surface area contributed by atoms with Crippen molar-refractivity contribution in [2.45, 2.75) is 24.5 Å². The molecular formula is C11H15N3O2. The molecule has 1 fully saturated rings. The lowest BCUT2D eigenvalue weighted by atomic mass is 9.87. The molecule has 5 nitrogen and oxygen atoms in total. The zero-order valence-electron chi connectivity index (χ0n) is 8.93. The molecule has 0 aromatic heterocycles. The number of nitrogens with zero attached hydrogens (tertiary/aromatic N) is 1. The number of hydrogen-bond acceptors (Lipinski definition) is 4. The quantitative estimate of drug-likeness (QED) is 0.444. The number of rotatable bonds is 2. The van der Waals surface area contributed by atoms with E-state index in [2.05, 4.69) is 5.32 Å². The maximum Gasteiger partial charge on any atom is 0.292 e. The number of nitrogens with two attached hydrogens (primary N) is 1. The molecule has 1 heterocycles. The molecule has 1 aliphatic heterocycles. The minimum Gasteiger partial charge on any atom is -0.303 e. The Morgan fingerprint density at radius 3 is 2.75 bits per heavy atom. The van der Waals surface area contributed by atoms with Gasteiger partial charge in [0.15, 0.2) is 0 Å². The lowest BCUT2D eigenvalue weighted by molar-refractivity contribution is -0.579. The van der Waals surface area contributed by atoms with Crippen LogP contribution in [0.15, 0.2) is 30.3 Å². The third-order valence-corrected chi connectivity index (χ3v) is 3.08. The second kappa shape index (κ2) is 4.19. The third-order valence-electron chi connectivity index (χ3n) is 3.08. The van der Waals surface area contributed by atoms with Gasteiger partial charge in [-0.1, -0.05) is 30.3 Å². The van der Waals surface area contributed by atoms with E-state index in [-0.39, 0.29) is 4.92 Å². The summed E-state index contributed by atoms with van der Waals surface area (Å²) in [6.07, 6.45) is 1.15. The molecule has 0 spiro atoms. The van der Waals surface area contributed by atoms with Gasteiger partial charge in [-0.05, 0) is 18.5 Å². The van der Waals surface area contributed by atoms with Crippen molar-refractivity contribution in [3.05, 3.63) is 46.0 Å². The number of nitrogens with one attached hydrogen (secondary N) is 1. The summed E-state index contributed by atoms with van der Waals surface area (Å²) in [7, 11) is 0. The minimum absolute atomic E-state index is 0.364. The first-order chi connectivity index (χ1) is 7.64. The molecule has 1 aliphatic rings. The normalized spacial score (nSPS) is 29.9. The van der Waals surface area contributed by atoms with Crippen LogP contribution in [-0.2, 0) is 0 Å². The van der Waals surface area contributed by atoms with Gasteiger partial charge in [0.05, 0.1) is 0 Å². The van der Waals surface area contributed by atoms with Crippen molar-refractivity contribution in [2.75, 3.05) is 6.54 Å². The average molecular weight is 221 g/mol.